The van der Waals surface area contributed by atoms with Gasteiger partial charge >= 0.3 is 0 Å². The van der Waals surface area contributed by atoms with Gasteiger partial charge in [-0.15, -0.1) is 0 Å². The fraction of sp³-hybridized carbons (Fsp3) is 0. The van der Waals surface area contributed by atoms with Crippen molar-refractivity contribution in [2.75, 3.05) is 0 Å². The number of carbonyl (C=O) groups is 2. The van der Waals surface area contributed by atoms with E-state index in [9.17, 15) is 24.8 Å². The normalized spacial score (nSPS) is 15.2. The van der Waals surface area contributed by atoms with Crippen molar-refractivity contribution in [2.24, 2.45) is 0 Å². The van der Waals surface area contributed by atoms with Crippen LogP contribution >= 0.6 is 35.6 Å². The molecule has 0 bridgehead atoms. The standard InChI is InChI=1S/C17H10ClN3O5S2/c18-11-4-2-1-3-10(11)15(23)19-20-16(24)14(28-17(20)27)8-9-5-6-13(22)12(7-9)21(25)26/h1-8,22H,(H,19,23)/p-1/b14-8-. The number of hydrazine groups is 1. The number of nitrogens with zero attached hydrogens (tertiary/aromatic N) is 2. The summed E-state index contributed by atoms with van der Waals surface area (Å²) in [7, 11) is 0. The highest BCUT2D eigenvalue weighted by atomic mass is 35.5. The molecule has 0 radical (unpaired) electrons. The molecular weight excluding hydrogens is 426 g/mol. The van der Waals surface area contributed by atoms with E-state index in [2.05, 4.69) is 5.43 Å². The average molecular weight is 435 g/mol. The third-order valence-electron chi connectivity index (χ3n) is 3.60. The number of hydrogen-bond acceptors (Lipinski definition) is 7. The average Bonchev–Trinajstić information content (AvgIpc) is 2.90. The number of nitro groups is 1. The fourth-order valence-corrected chi connectivity index (χ4v) is 3.69. The van der Waals surface area contributed by atoms with Crippen LogP contribution in [0.15, 0.2) is 47.4 Å². The Kier molecular flexibility index (Phi) is 5.63. The maximum absolute atomic E-state index is 12.6. The van der Waals surface area contributed by atoms with E-state index in [0.717, 1.165) is 28.9 Å². The smallest absolute Gasteiger partial charge is 0.285 e. The largest absolute Gasteiger partial charge is 0.868 e. The highest BCUT2D eigenvalue weighted by Gasteiger charge is 2.34. The van der Waals surface area contributed by atoms with E-state index in [0.29, 0.717) is 0 Å². The molecule has 0 spiro atoms. The lowest BCUT2D eigenvalue weighted by atomic mass is 10.1. The number of thioether (sulfide) groups is 1. The molecule has 1 aliphatic rings. The van der Waals surface area contributed by atoms with E-state index >= 15 is 0 Å². The van der Waals surface area contributed by atoms with Gasteiger partial charge in [-0.05, 0) is 41.7 Å². The zero-order valence-electron chi connectivity index (χ0n) is 13.7. The molecule has 8 nitrogen and oxygen atoms in total. The van der Waals surface area contributed by atoms with Gasteiger partial charge in [0.05, 0.1) is 20.4 Å². The summed E-state index contributed by atoms with van der Waals surface area (Å²) in [4.78, 5) is 35.1. The van der Waals surface area contributed by atoms with Gasteiger partial charge in [-0.3, -0.25) is 25.1 Å². The first-order valence-corrected chi connectivity index (χ1v) is 9.17. The number of halogens is 1. The van der Waals surface area contributed by atoms with Crippen molar-refractivity contribution in [2.45, 2.75) is 0 Å². The number of thiocarbonyl (C=S) groups is 1. The molecule has 142 valence electrons. The summed E-state index contributed by atoms with van der Waals surface area (Å²) < 4.78 is 0.0756. The maximum Gasteiger partial charge on any atom is 0.285 e. The number of carbonyl (C=O) groups excluding carboxylic acids is 2. The highest BCUT2D eigenvalue weighted by molar-refractivity contribution is 8.26. The Balaban J connectivity index is 1.83. The van der Waals surface area contributed by atoms with Gasteiger partial charge in [0, 0.05) is 6.07 Å². The third-order valence-corrected chi connectivity index (χ3v) is 5.23. The molecule has 1 N–H and O–H groups in total. The number of rotatable bonds is 4. The molecule has 2 aromatic rings. The van der Waals surface area contributed by atoms with Crippen molar-refractivity contribution in [1.82, 2.24) is 10.4 Å². The van der Waals surface area contributed by atoms with Gasteiger partial charge in [0.25, 0.3) is 17.5 Å². The van der Waals surface area contributed by atoms with Gasteiger partial charge in [-0.1, -0.05) is 47.6 Å². The number of benzene rings is 2. The van der Waals surface area contributed by atoms with Gasteiger partial charge in [-0.25, -0.2) is 0 Å². The Morgan fingerprint density at radius 1 is 1.29 bits per heavy atom. The van der Waals surface area contributed by atoms with Crippen LogP contribution in [0.4, 0.5) is 5.69 Å². The maximum atomic E-state index is 12.6. The zero-order valence-corrected chi connectivity index (χ0v) is 16.1. The molecule has 0 aliphatic carbocycles. The molecule has 2 amide bonds. The van der Waals surface area contributed by atoms with E-state index in [1.54, 1.807) is 12.1 Å². The SMILES string of the molecule is O=C(NN1C(=O)/C(=C/c2ccc([O-])c([N+](=O)[O-])c2)SC1=S)c1ccccc1Cl. The summed E-state index contributed by atoms with van der Waals surface area (Å²) in [6, 6.07) is 9.78. The van der Waals surface area contributed by atoms with Crippen LogP contribution in [0.3, 0.4) is 0 Å². The first-order chi connectivity index (χ1) is 13.3. The molecule has 1 fully saturated rings. The van der Waals surface area contributed by atoms with Gasteiger partial charge in [-0.2, -0.15) is 5.01 Å². The second-order valence-corrected chi connectivity index (χ2v) is 7.51. The lowest BCUT2D eigenvalue weighted by Crippen LogP contribution is -2.44. The second-order valence-electron chi connectivity index (χ2n) is 5.42. The summed E-state index contributed by atoms with van der Waals surface area (Å²) >= 11 is 12.0. The van der Waals surface area contributed by atoms with Crippen LogP contribution in [0.25, 0.3) is 6.08 Å². The molecular formula is C17H9ClN3O5S2-. The predicted octanol–water partition coefficient (Wildman–Crippen LogP) is 2.87. The van der Waals surface area contributed by atoms with Crippen LogP contribution in [0.1, 0.15) is 15.9 Å². The predicted molar refractivity (Wildman–Crippen MR) is 106 cm³/mol. The Bertz CT molecular complexity index is 1060. The van der Waals surface area contributed by atoms with Crippen molar-refractivity contribution in [1.29, 1.82) is 0 Å². The molecule has 2 aromatic carbocycles. The Hall–Kier alpha value is -2.95. The Labute approximate surface area is 172 Å². The minimum atomic E-state index is -0.797. The van der Waals surface area contributed by atoms with Gasteiger partial charge in [0.2, 0.25) is 0 Å². The number of hydrogen-bond donors (Lipinski definition) is 1. The minimum absolute atomic E-state index is 0.0756. The lowest BCUT2D eigenvalue weighted by molar-refractivity contribution is -0.398. The number of amides is 2. The highest BCUT2D eigenvalue weighted by Crippen LogP contribution is 2.33. The van der Waals surface area contributed by atoms with Crippen molar-refractivity contribution < 1.29 is 19.6 Å². The van der Waals surface area contributed by atoms with E-state index in [1.165, 1.54) is 24.3 Å². The Morgan fingerprint density at radius 3 is 2.68 bits per heavy atom. The van der Waals surface area contributed by atoms with Crippen LogP contribution in [-0.4, -0.2) is 26.1 Å². The zero-order chi connectivity index (χ0) is 20.4. The van der Waals surface area contributed by atoms with Crippen LogP contribution in [0, 0.1) is 10.1 Å². The summed E-state index contributed by atoms with van der Waals surface area (Å²) in [5.41, 5.74) is 2.24. The molecule has 1 saturated heterocycles. The molecule has 1 heterocycles. The van der Waals surface area contributed by atoms with E-state index in [1.807, 2.05) is 0 Å². The molecule has 11 heteroatoms. The number of nitro benzene ring substituents is 1. The van der Waals surface area contributed by atoms with E-state index < -0.39 is 28.2 Å². The first-order valence-electron chi connectivity index (χ1n) is 7.57. The fourth-order valence-electron chi connectivity index (χ4n) is 2.29. The second kappa shape index (κ2) is 7.97. The van der Waals surface area contributed by atoms with Gasteiger partial charge < -0.3 is 5.11 Å². The molecule has 0 atom stereocenters. The third kappa shape index (κ3) is 3.98. The van der Waals surface area contributed by atoms with Crippen LogP contribution in [0.2, 0.25) is 5.02 Å². The first kappa shape index (κ1) is 19.8. The van der Waals surface area contributed by atoms with Crippen molar-refractivity contribution in [3.63, 3.8) is 0 Å². The summed E-state index contributed by atoms with van der Waals surface area (Å²) in [6.45, 7) is 0. The molecule has 3 rings (SSSR count). The van der Waals surface area contributed by atoms with Crippen LogP contribution in [0.5, 0.6) is 5.75 Å². The van der Waals surface area contributed by atoms with E-state index in [-0.39, 0.29) is 25.4 Å². The lowest BCUT2D eigenvalue weighted by Gasteiger charge is -2.16. The molecule has 1 aliphatic heterocycles. The minimum Gasteiger partial charge on any atom is -0.868 e. The molecule has 0 unspecified atom stereocenters. The van der Waals surface area contributed by atoms with Gasteiger partial charge in [0.15, 0.2) is 4.32 Å². The summed E-state index contributed by atoms with van der Waals surface area (Å²) in [5.74, 6) is -1.96. The molecule has 0 aromatic heterocycles. The van der Waals surface area contributed by atoms with Crippen LogP contribution < -0.4 is 10.5 Å². The molecule has 28 heavy (non-hydrogen) atoms. The van der Waals surface area contributed by atoms with Gasteiger partial charge in [0.1, 0.15) is 0 Å². The quantitative estimate of drug-likeness (QED) is 0.340. The van der Waals surface area contributed by atoms with Crippen LogP contribution in [-0.2, 0) is 4.79 Å². The topological polar surface area (TPSA) is 116 Å². The summed E-state index contributed by atoms with van der Waals surface area (Å²) in [5, 5.41) is 23.5. The van der Waals surface area contributed by atoms with E-state index in [4.69, 9.17) is 23.8 Å². The Morgan fingerprint density at radius 2 is 2.00 bits per heavy atom. The molecule has 0 saturated carbocycles. The van der Waals surface area contributed by atoms with Crippen molar-refractivity contribution in [3.8, 4) is 5.75 Å². The monoisotopic (exact) mass is 434 g/mol. The van der Waals surface area contributed by atoms with Crippen molar-refractivity contribution >= 4 is 63.5 Å². The summed E-state index contributed by atoms with van der Waals surface area (Å²) in [6.07, 6.45) is 1.35. The van der Waals surface area contributed by atoms with Crippen molar-refractivity contribution in [3.05, 3.63) is 73.6 Å². The number of nitrogens with one attached hydrogen (secondary N) is 1.